The molecule has 4 aromatic rings. The summed E-state index contributed by atoms with van der Waals surface area (Å²) in [5, 5.41) is 18.2. The Morgan fingerprint density at radius 2 is 1.93 bits per heavy atom. The van der Waals surface area contributed by atoms with Crippen molar-refractivity contribution in [3.63, 3.8) is 0 Å². The van der Waals surface area contributed by atoms with E-state index in [9.17, 15) is 23.9 Å². The number of hydrogen-bond acceptors (Lipinski definition) is 8. The minimum atomic E-state index is -1.55. The molecule has 0 spiro atoms. The molecule has 11 nitrogen and oxygen atoms in total. The van der Waals surface area contributed by atoms with Crippen LogP contribution in [0.5, 0.6) is 5.75 Å². The van der Waals surface area contributed by atoms with Crippen LogP contribution < -0.4 is 21.3 Å². The number of nitrogens with one attached hydrogen (secondary N) is 1. The molecule has 3 aromatic heterocycles. The van der Waals surface area contributed by atoms with E-state index in [-0.39, 0.29) is 24.1 Å². The number of aliphatic hydroxyl groups excluding tert-OH is 1. The van der Waals surface area contributed by atoms with E-state index in [4.69, 9.17) is 9.47 Å². The first-order valence-corrected chi connectivity index (χ1v) is 15.9. The van der Waals surface area contributed by atoms with E-state index in [1.54, 1.807) is 43.9 Å². The van der Waals surface area contributed by atoms with Crippen molar-refractivity contribution in [2.24, 2.45) is 0 Å². The van der Waals surface area contributed by atoms with Crippen LogP contribution in [-0.4, -0.2) is 55.3 Å². The first-order valence-electron chi connectivity index (χ1n) is 15.1. The summed E-state index contributed by atoms with van der Waals surface area (Å²) >= 11 is 1.23. The maximum absolute atomic E-state index is 14.7. The molecule has 0 bridgehead atoms. The zero-order chi connectivity index (χ0) is 32.6. The molecule has 1 aromatic carbocycles. The lowest BCUT2D eigenvalue weighted by Gasteiger charge is -2.31. The highest BCUT2D eigenvalue weighted by Crippen LogP contribution is 2.36. The van der Waals surface area contributed by atoms with Crippen molar-refractivity contribution in [2.75, 3.05) is 7.11 Å². The number of rotatable bonds is 10. The molecule has 0 aliphatic heterocycles. The zero-order valence-corrected chi connectivity index (χ0v) is 27.2. The number of amides is 1. The number of fused-ring (bicyclic) bond motifs is 1. The maximum atomic E-state index is 14.7. The summed E-state index contributed by atoms with van der Waals surface area (Å²) < 4.78 is 31.0. The average molecular weight is 642 g/mol. The summed E-state index contributed by atoms with van der Waals surface area (Å²) in [7, 11) is 1.48. The predicted molar refractivity (Wildman–Crippen MR) is 170 cm³/mol. The molecule has 1 aliphatic rings. The van der Waals surface area contributed by atoms with E-state index in [1.165, 1.54) is 55.1 Å². The Labute approximate surface area is 264 Å². The Hall–Kier alpha value is -3.81. The van der Waals surface area contributed by atoms with Gasteiger partial charge < -0.3 is 19.9 Å². The number of nitrogens with zero attached hydrogens (tertiary/aromatic N) is 4. The molecule has 242 valence electrons. The third-order valence-corrected chi connectivity index (χ3v) is 9.63. The average Bonchev–Trinajstić information content (AvgIpc) is 3.63. The van der Waals surface area contributed by atoms with Crippen LogP contribution in [-0.2, 0) is 21.6 Å². The second-order valence-electron chi connectivity index (χ2n) is 12.3. The van der Waals surface area contributed by atoms with Crippen LogP contribution in [0.25, 0.3) is 15.2 Å². The fourth-order valence-electron chi connectivity index (χ4n) is 5.89. The Kier molecular flexibility index (Phi) is 9.33. The number of carbonyl (C=O) groups excluding carboxylic acids is 1. The normalized spacial score (nSPS) is 18.0. The van der Waals surface area contributed by atoms with Crippen molar-refractivity contribution in [1.82, 2.24) is 24.2 Å². The molecule has 0 saturated heterocycles. The Morgan fingerprint density at radius 3 is 2.56 bits per heavy atom. The van der Waals surface area contributed by atoms with Crippen LogP contribution in [0.2, 0.25) is 0 Å². The van der Waals surface area contributed by atoms with E-state index in [0.29, 0.717) is 52.4 Å². The number of hydrogen-bond donors (Lipinski definition) is 2. The van der Waals surface area contributed by atoms with Crippen molar-refractivity contribution in [3.05, 3.63) is 74.4 Å². The van der Waals surface area contributed by atoms with Crippen molar-refractivity contribution < 1.29 is 23.8 Å². The highest BCUT2D eigenvalue weighted by atomic mass is 32.1. The third-order valence-electron chi connectivity index (χ3n) is 8.32. The largest absolute Gasteiger partial charge is 0.496 e. The van der Waals surface area contributed by atoms with Gasteiger partial charge in [-0.3, -0.25) is 14.2 Å². The first-order chi connectivity index (χ1) is 21.3. The van der Waals surface area contributed by atoms with Crippen LogP contribution >= 0.6 is 11.3 Å². The summed E-state index contributed by atoms with van der Waals surface area (Å²) in [5.74, 6) is -0.602. The monoisotopic (exact) mass is 641 g/mol. The van der Waals surface area contributed by atoms with Crippen molar-refractivity contribution in [3.8, 4) is 10.8 Å². The summed E-state index contributed by atoms with van der Waals surface area (Å²) in [6.07, 6.45) is 4.12. The highest BCUT2D eigenvalue weighted by Gasteiger charge is 2.37. The number of aromatic nitrogens is 4. The van der Waals surface area contributed by atoms with Crippen molar-refractivity contribution in [2.45, 2.75) is 96.7 Å². The quantitative estimate of drug-likeness (QED) is 0.266. The molecule has 3 heterocycles. The number of aryl methyl sites for hydroxylation is 1. The molecule has 1 atom stereocenters. The molecular weight excluding hydrogens is 601 g/mol. The van der Waals surface area contributed by atoms with Gasteiger partial charge in [-0.05, 0) is 84.6 Å². The molecule has 0 unspecified atom stereocenters. The lowest BCUT2D eigenvalue weighted by Crippen LogP contribution is -2.56. The fraction of sp³-hybridized carbons (Fsp3) is 0.500. The molecule has 0 radical (unpaired) electrons. The van der Waals surface area contributed by atoms with Gasteiger partial charge in [0.05, 0.1) is 31.2 Å². The summed E-state index contributed by atoms with van der Waals surface area (Å²) in [6.45, 7) is 8.36. The molecule has 5 rings (SSSR count). The molecule has 1 amide bonds. The van der Waals surface area contributed by atoms with Crippen LogP contribution in [0.15, 0.2) is 46.2 Å². The lowest BCUT2D eigenvalue weighted by atomic mass is 9.94. The highest BCUT2D eigenvalue weighted by molar-refractivity contribution is 7.21. The van der Waals surface area contributed by atoms with Gasteiger partial charge in [-0.1, -0.05) is 11.3 Å². The third kappa shape index (κ3) is 6.34. The molecule has 2 N–H and O–H groups in total. The van der Waals surface area contributed by atoms with Gasteiger partial charge in [-0.25, -0.2) is 18.4 Å². The maximum Gasteiger partial charge on any atom is 0.333 e. The van der Waals surface area contributed by atoms with Gasteiger partial charge in [-0.2, -0.15) is 5.10 Å². The second kappa shape index (κ2) is 12.9. The van der Waals surface area contributed by atoms with Crippen LogP contribution in [0.4, 0.5) is 4.39 Å². The van der Waals surface area contributed by atoms with Crippen LogP contribution in [0.1, 0.15) is 70.6 Å². The first kappa shape index (κ1) is 32.6. The summed E-state index contributed by atoms with van der Waals surface area (Å²) in [5.41, 5.74) is -1.84. The fourth-order valence-corrected chi connectivity index (χ4v) is 7.13. The smallest absolute Gasteiger partial charge is 0.333 e. The van der Waals surface area contributed by atoms with Gasteiger partial charge in [0.25, 0.3) is 5.56 Å². The topological polar surface area (TPSA) is 130 Å². The van der Waals surface area contributed by atoms with Crippen molar-refractivity contribution >= 4 is 27.5 Å². The molecule has 1 saturated carbocycles. The molecular formula is C32H40FN5O6S. The van der Waals surface area contributed by atoms with Crippen molar-refractivity contribution in [1.29, 1.82) is 0 Å². The number of halogens is 1. The summed E-state index contributed by atoms with van der Waals surface area (Å²) in [4.78, 5) is 42.5. The van der Waals surface area contributed by atoms with E-state index in [0.717, 1.165) is 4.57 Å². The van der Waals surface area contributed by atoms with Gasteiger partial charge in [-0.15, -0.1) is 0 Å². The number of thiophene rings is 1. The Morgan fingerprint density at radius 1 is 1.22 bits per heavy atom. The number of methoxy groups -OCH3 is 1. The Balaban J connectivity index is 1.75. The van der Waals surface area contributed by atoms with E-state index >= 15 is 0 Å². The van der Waals surface area contributed by atoms with Gasteiger partial charge >= 0.3 is 5.69 Å². The Bertz CT molecular complexity index is 1800. The number of aliphatic hydroxyl groups is 1. The minimum Gasteiger partial charge on any atom is -0.496 e. The summed E-state index contributed by atoms with van der Waals surface area (Å²) in [6, 6.07) is 5.66. The van der Waals surface area contributed by atoms with Gasteiger partial charge in [0.1, 0.15) is 33.0 Å². The lowest BCUT2D eigenvalue weighted by molar-refractivity contribution is -0.129. The molecule has 1 fully saturated rings. The van der Waals surface area contributed by atoms with Crippen LogP contribution in [0.3, 0.4) is 0 Å². The van der Waals surface area contributed by atoms with E-state index in [2.05, 4.69) is 10.4 Å². The number of carbonyl (C=O) groups is 1. The van der Waals surface area contributed by atoms with E-state index in [1.807, 2.05) is 0 Å². The molecule has 45 heavy (non-hydrogen) atoms. The zero-order valence-electron chi connectivity index (χ0n) is 26.4. The second-order valence-corrected chi connectivity index (χ2v) is 13.3. The van der Waals surface area contributed by atoms with Gasteiger partial charge in [0.2, 0.25) is 5.91 Å². The SMILES string of the molecule is COc1ccc(F)cc1[C@H](Cn1c(=O)n(C(C)(C)C(=O)NC(C)C)c(=O)c2c(C)c(-n3cccn3)sc21)OC1CCC(O)CC1. The molecule has 13 heteroatoms. The number of ether oxygens (including phenoxy) is 2. The van der Waals surface area contributed by atoms with E-state index < -0.39 is 40.7 Å². The van der Waals surface area contributed by atoms with Gasteiger partial charge in [0, 0.05) is 29.6 Å². The number of benzene rings is 1. The predicted octanol–water partition coefficient (Wildman–Crippen LogP) is 4.19. The van der Waals surface area contributed by atoms with Gasteiger partial charge in [0.15, 0.2) is 0 Å². The standard InChI is InChI=1S/C32H40FN5O6S/c1-18(2)35-30(41)32(4,5)38-27(40)26-19(3)28(37-15-7-14-34-37)45-29(26)36(31(38)42)17-25(44-22-11-9-21(39)10-12-22)23-16-20(33)8-13-24(23)43-6/h7-8,13-16,18,21-22,25,39H,9-12,17H2,1-6H3,(H,35,41)/t21?,22?,25-/m0/s1. The molecule has 1 aliphatic carbocycles. The van der Waals surface area contributed by atoms with Crippen LogP contribution in [0, 0.1) is 12.7 Å². The minimum absolute atomic E-state index is 0.102.